The predicted octanol–water partition coefficient (Wildman–Crippen LogP) is 13.1. The van der Waals surface area contributed by atoms with E-state index in [1.165, 1.54) is 116 Å². The van der Waals surface area contributed by atoms with Gasteiger partial charge in [-0.1, -0.05) is 144 Å². The molecule has 4 nitrogen and oxygen atoms in total. The van der Waals surface area contributed by atoms with E-state index < -0.39 is 6.96 Å². The van der Waals surface area contributed by atoms with Crippen LogP contribution in [0.5, 0.6) is 0 Å². The van der Waals surface area contributed by atoms with Gasteiger partial charge in [0.15, 0.2) is 0 Å². The molecule has 0 radical (unpaired) electrons. The van der Waals surface area contributed by atoms with Gasteiger partial charge in [0.05, 0.1) is 11.2 Å². The molecule has 6 unspecified atom stereocenters. The first-order valence-electron chi connectivity index (χ1n) is 20.9. The standard InChI is InChI=1S/C40H80BO4S2/c1-7-11-15-19-27-37-39(29-21-17-13-9-3,33-35(5)25-23-31-46)44-41(42-37)43-38(28-20-16-12-8-2)40(45-41,30-22-18-14-10-4)34-36(6)26-24-32-47/h35-38,46-47H,7-34H2,1-6H3/q-1. The fourth-order valence-electron chi connectivity index (χ4n) is 8.69. The van der Waals surface area contributed by atoms with Gasteiger partial charge >= 0.3 is 6.96 Å². The summed E-state index contributed by atoms with van der Waals surface area (Å²) in [4.78, 5) is 0. The topological polar surface area (TPSA) is 36.9 Å². The zero-order valence-electron chi connectivity index (χ0n) is 32.2. The number of rotatable bonds is 30. The quantitative estimate of drug-likeness (QED) is 0.0445. The number of unbranched alkanes of at least 4 members (excludes halogenated alkanes) is 12. The monoisotopic (exact) mass is 700 g/mol. The van der Waals surface area contributed by atoms with Crippen LogP contribution in [-0.2, 0) is 18.6 Å². The van der Waals surface area contributed by atoms with Crippen molar-refractivity contribution in [3.05, 3.63) is 0 Å². The van der Waals surface area contributed by atoms with Crippen LogP contribution in [0.1, 0.15) is 208 Å². The molecule has 0 aromatic heterocycles. The molecule has 0 aromatic rings. The Morgan fingerprint density at radius 3 is 1.21 bits per heavy atom. The summed E-state index contributed by atoms with van der Waals surface area (Å²) in [6.07, 6.45) is 30.7. The first kappa shape index (κ1) is 43.8. The van der Waals surface area contributed by atoms with E-state index >= 15 is 0 Å². The molecule has 0 aromatic carbocycles. The molecule has 7 heteroatoms. The Morgan fingerprint density at radius 2 is 0.872 bits per heavy atom. The van der Waals surface area contributed by atoms with Gasteiger partial charge in [0.25, 0.3) is 0 Å². The molecule has 1 spiro atoms. The van der Waals surface area contributed by atoms with E-state index in [-0.39, 0.29) is 23.4 Å². The highest BCUT2D eigenvalue weighted by molar-refractivity contribution is 7.80. The molecular formula is C40H80BO4S2-. The van der Waals surface area contributed by atoms with E-state index in [1.54, 1.807) is 0 Å². The van der Waals surface area contributed by atoms with Crippen LogP contribution >= 0.6 is 25.3 Å². The van der Waals surface area contributed by atoms with Crippen LogP contribution < -0.4 is 0 Å². The summed E-state index contributed by atoms with van der Waals surface area (Å²) in [6.45, 7) is 11.8. The van der Waals surface area contributed by atoms with Crippen molar-refractivity contribution < 1.29 is 18.6 Å². The largest absolute Gasteiger partial charge is 0.532 e. The van der Waals surface area contributed by atoms with Crippen molar-refractivity contribution in [2.45, 2.75) is 232 Å². The van der Waals surface area contributed by atoms with Gasteiger partial charge in [0, 0.05) is 12.2 Å². The van der Waals surface area contributed by atoms with Crippen LogP contribution in [-0.4, -0.2) is 41.9 Å². The van der Waals surface area contributed by atoms with Gasteiger partial charge < -0.3 is 18.6 Å². The maximum absolute atomic E-state index is 7.47. The predicted molar refractivity (Wildman–Crippen MR) is 212 cm³/mol. The first-order chi connectivity index (χ1) is 22.8. The van der Waals surface area contributed by atoms with Gasteiger partial charge in [-0.15, -0.1) is 0 Å². The Bertz CT molecular complexity index is 713. The summed E-state index contributed by atoms with van der Waals surface area (Å²) >= 11 is 9.11. The van der Waals surface area contributed by atoms with Crippen molar-refractivity contribution in [1.29, 1.82) is 0 Å². The highest BCUT2D eigenvalue weighted by Crippen LogP contribution is 2.53. The molecule has 280 valence electrons. The molecule has 0 amide bonds. The zero-order chi connectivity index (χ0) is 34.4. The molecule has 2 fully saturated rings. The first-order valence-corrected chi connectivity index (χ1v) is 22.1. The molecule has 2 heterocycles. The fourth-order valence-corrected chi connectivity index (χ4v) is 9.05. The Balaban J connectivity index is 2.51. The van der Waals surface area contributed by atoms with Crippen molar-refractivity contribution >= 4 is 32.2 Å². The second kappa shape index (κ2) is 24.7. The summed E-state index contributed by atoms with van der Waals surface area (Å²) in [6, 6.07) is 0. The van der Waals surface area contributed by atoms with Crippen LogP contribution in [0, 0.1) is 11.8 Å². The Kier molecular flexibility index (Phi) is 23.0. The summed E-state index contributed by atoms with van der Waals surface area (Å²) in [5.41, 5.74) is -0.697. The molecule has 0 N–H and O–H groups in total. The van der Waals surface area contributed by atoms with Gasteiger partial charge in [-0.2, -0.15) is 25.3 Å². The van der Waals surface area contributed by atoms with Crippen LogP contribution in [0.25, 0.3) is 0 Å². The lowest BCUT2D eigenvalue weighted by Gasteiger charge is -2.42. The molecule has 2 aliphatic heterocycles. The molecule has 2 aliphatic rings. The number of thiol groups is 2. The molecule has 47 heavy (non-hydrogen) atoms. The minimum Gasteiger partial charge on any atom is -0.514 e. The smallest absolute Gasteiger partial charge is 0.514 e. The van der Waals surface area contributed by atoms with E-state index in [2.05, 4.69) is 66.8 Å². The fraction of sp³-hybridized carbons (Fsp3) is 1.00. The van der Waals surface area contributed by atoms with Crippen molar-refractivity contribution in [2.24, 2.45) is 11.8 Å². The van der Waals surface area contributed by atoms with Gasteiger partial charge in [-0.05, 0) is 87.5 Å². The van der Waals surface area contributed by atoms with Crippen LogP contribution in [0.3, 0.4) is 0 Å². The third-order valence-corrected chi connectivity index (χ3v) is 11.9. The lowest BCUT2D eigenvalue weighted by Crippen LogP contribution is -2.47. The van der Waals surface area contributed by atoms with Crippen molar-refractivity contribution in [2.75, 3.05) is 11.5 Å². The van der Waals surface area contributed by atoms with E-state index in [9.17, 15) is 0 Å². The lowest BCUT2D eigenvalue weighted by molar-refractivity contribution is -0.0269. The number of hydrogen-bond donors (Lipinski definition) is 2. The maximum Gasteiger partial charge on any atom is 0.532 e. The van der Waals surface area contributed by atoms with Crippen molar-refractivity contribution in [3.8, 4) is 0 Å². The molecule has 0 bridgehead atoms. The molecule has 0 aliphatic carbocycles. The average Bonchev–Trinajstić information content (AvgIpc) is 3.50. The summed E-state index contributed by atoms with van der Waals surface area (Å²) in [5, 5.41) is 0. The normalized spacial score (nSPS) is 28.9. The average molecular weight is 700 g/mol. The number of hydrogen-bond acceptors (Lipinski definition) is 6. The third kappa shape index (κ3) is 15.0. The molecule has 6 atom stereocenters. The Labute approximate surface area is 305 Å². The van der Waals surface area contributed by atoms with Crippen LogP contribution in [0.15, 0.2) is 0 Å². The summed E-state index contributed by atoms with van der Waals surface area (Å²) in [5.74, 6) is 2.98. The van der Waals surface area contributed by atoms with E-state index in [1.807, 2.05) is 0 Å². The van der Waals surface area contributed by atoms with Gasteiger partial charge in [-0.25, -0.2) is 0 Å². The van der Waals surface area contributed by atoms with E-state index in [0.29, 0.717) is 11.8 Å². The van der Waals surface area contributed by atoms with Gasteiger partial charge in [-0.3, -0.25) is 0 Å². The van der Waals surface area contributed by atoms with Gasteiger partial charge in [0.1, 0.15) is 0 Å². The Hall–Kier alpha value is 0.605. The minimum atomic E-state index is -2.28. The third-order valence-electron chi connectivity index (χ3n) is 11.2. The summed E-state index contributed by atoms with van der Waals surface area (Å²) in [7, 11) is 0. The lowest BCUT2D eigenvalue weighted by atomic mass is 9.79. The molecule has 2 saturated heterocycles. The van der Waals surface area contributed by atoms with Crippen LogP contribution in [0.4, 0.5) is 0 Å². The van der Waals surface area contributed by atoms with E-state index in [4.69, 9.17) is 18.6 Å². The second-order valence-corrected chi connectivity index (χ2v) is 16.8. The van der Waals surface area contributed by atoms with Crippen LogP contribution in [0.2, 0.25) is 0 Å². The molecule has 0 saturated carbocycles. The SMILES string of the molecule is CCCCCCC1O[B-]2(OC(CCCCCC)C(CCCCCC)(CC(C)CCCS)O2)OC1(CCCCCC)CC(C)CCCS. The highest BCUT2D eigenvalue weighted by atomic mass is 32.1. The van der Waals surface area contributed by atoms with Crippen molar-refractivity contribution in [3.63, 3.8) is 0 Å². The Morgan fingerprint density at radius 1 is 0.511 bits per heavy atom. The summed E-state index contributed by atoms with van der Waals surface area (Å²) < 4.78 is 29.4. The second-order valence-electron chi connectivity index (χ2n) is 15.9. The zero-order valence-corrected chi connectivity index (χ0v) is 34.0. The maximum atomic E-state index is 7.47. The van der Waals surface area contributed by atoms with Gasteiger partial charge in [0.2, 0.25) is 0 Å². The van der Waals surface area contributed by atoms with Crippen molar-refractivity contribution in [1.82, 2.24) is 0 Å². The highest BCUT2D eigenvalue weighted by Gasteiger charge is 2.62. The minimum absolute atomic E-state index is 0.0256. The molecular weight excluding hydrogens is 619 g/mol. The van der Waals surface area contributed by atoms with E-state index in [0.717, 1.165) is 62.9 Å². The molecule has 2 rings (SSSR count).